The zero-order chi connectivity index (χ0) is 18.7. The minimum Gasteiger partial charge on any atom is -0.496 e. The summed E-state index contributed by atoms with van der Waals surface area (Å²) < 4.78 is 20.4. The van der Waals surface area contributed by atoms with Crippen LogP contribution in [0.15, 0.2) is 47.4 Å². The van der Waals surface area contributed by atoms with E-state index in [1.807, 2.05) is 0 Å². The first kappa shape index (κ1) is 18.1. The molecule has 1 aliphatic carbocycles. The highest BCUT2D eigenvalue weighted by molar-refractivity contribution is 5.76. The molecule has 1 aliphatic rings. The number of pyridine rings is 1. The summed E-state index contributed by atoms with van der Waals surface area (Å²) in [4.78, 5) is 24.3. The maximum atomic E-state index is 13.8. The van der Waals surface area contributed by atoms with Gasteiger partial charge < -0.3 is 19.7 Å². The lowest BCUT2D eigenvalue weighted by molar-refractivity contribution is -0.123. The summed E-state index contributed by atoms with van der Waals surface area (Å²) in [6.45, 7) is -0.136. The Morgan fingerprint density at radius 2 is 2.15 bits per heavy atom. The highest BCUT2D eigenvalue weighted by Gasteiger charge is 2.37. The first-order valence-electron chi connectivity index (χ1n) is 8.44. The van der Waals surface area contributed by atoms with Gasteiger partial charge in [0.2, 0.25) is 5.91 Å². The average Bonchev–Trinajstić information content (AvgIpc) is 2.59. The number of hydrogen-bond donors (Lipinski definition) is 2. The molecule has 1 saturated carbocycles. The van der Waals surface area contributed by atoms with Crippen molar-refractivity contribution in [3.8, 4) is 5.75 Å². The van der Waals surface area contributed by atoms with Gasteiger partial charge in [0.25, 0.3) is 5.56 Å². The van der Waals surface area contributed by atoms with Gasteiger partial charge in [-0.15, -0.1) is 0 Å². The van der Waals surface area contributed by atoms with Crippen LogP contribution in [0.1, 0.15) is 24.4 Å². The molecule has 2 aromatic rings. The third-order valence-electron chi connectivity index (χ3n) is 4.68. The number of aliphatic hydroxyl groups excluding tert-OH is 1. The topological polar surface area (TPSA) is 80.6 Å². The third kappa shape index (κ3) is 3.94. The monoisotopic (exact) mass is 360 g/mol. The van der Waals surface area contributed by atoms with Gasteiger partial charge >= 0.3 is 0 Å². The van der Waals surface area contributed by atoms with E-state index < -0.39 is 18.0 Å². The summed E-state index contributed by atoms with van der Waals surface area (Å²) in [6, 6.07) is 8.29. The minimum absolute atomic E-state index is 0.0304. The van der Waals surface area contributed by atoms with Crippen LogP contribution in [-0.4, -0.2) is 28.8 Å². The van der Waals surface area contributed by atoms with Gasteiger partial charge in [0, 0.05) is 17.8 Å². The number of nitrogens with one attached hydrogen (secondary N) is 1. The van der Waals surface area contributed by atoms with E-state index in [-0.39, 0.29) is 23.9 Å². The normalized spacial score (nSPS) is 20.1. The average molecular weight is 360 g/mol. The van der Waals surface area contributed by atoms with Crippen molar-refractivity contribution in [2.45, 2.75) is 31.5 Å². The number of benzene rings is 1. The number of amides is 1. The van der Waals surface area contributed by atoms with Crippen molar-refractivity contribution in [2.24, 2.45) is 5.92 Å². The number of ether oxygens (including phenoxy) is 1. The Morgan fingerprint density at radius 3 is 2.81 bits per heavy atom. The second-order valence-electron chi connectivity index (χ2n) is 6.48. The molecule has 0 saturated heterocycles. The van der Waals surface area contributed by atoms with E-state index in [2.05, 4.69) is 5.32 Å². The summed E-state index contributed by atoms with van der Waals surface area (Å²) in [7, 11) is 1.48. The maximum Gasteiger partial charge on any atom is 0.250 e. The van der Waals surface area contributed by atoms with E-state index in [4.69, 9.17) is 4.74 Å². The van der Waals surface area contributed by atoms with Crippen molar-refractivity contribution in [3.05, 3.63) is 64.3 Å². The molecule has 0 radical (unpaired) electrons. The minimum atomic E-state index is -0.504. The van der Waals surface area contributed by atoms with Crippen LogP contribution in [0.4, 0.5) is 4.39 Å². The predicted octanol–water partition coefficient (Wildman–Crippen LogP) is 1.62. The Balaban J connectivity index is 1.83. The number of nitrogens with zero attached hydrogens (tertiary/aromatic N) is 1. The number of hydrogen-bond acceptors (Lipinski definition) is 4. The van der Waals surface area contributed by atoms with Gasteiger partial charge in [0.05, 0.1) is 19.3 Å². The molecule has 26 heavy (non-hydrogen) atoms. The van der Waals surface area contributed by atoms with Crippen molar-refractivity contribution in [1.29, 1.82) is 0 Å². The van der Waals surface area contributed by atoms with Gasteiger partial charge in [-0.1, -0.05) is 6.07 Å². The molecular formula is C19H21FN2O4. The van der Waals surface area contributed by atoms with Crippen LogP contribution in [0.3, 0.4) is 0 Å². The van der Waals surface area contributed by atoms with Crippen molar-refractivity contribution in [2.75, 3.05) is 7.11 Å². The Kier molecular flexibility index (Phi) is 5.37. The third-order valence-corrected chi connectivity index (χ3v) is 4.68. The fourth-order valence-electron chi connectivity index (χ4n) is 3.26. The smallest absolute Gasteiger partial charge is 0.250 e. The molecule has 3 rings (SSSR count). The summed E-state index contributed by atoms with van der Waals surface area (Å²) in [6.07, 6.45) is 2.13. The number of carbonyl (C=O) groups excluding carboxylic acids is 1. The van der Waals surface area contributed by atoms with Gasteiger partial charge in [-0.3, -0.25) is 9.59 Å². The SMILES string of the molecule is COc1ccc(F)cc1[C@@H](NC(=O)Cn1ccccc1=O)C1CC(O)C1. The van der Waals surface area contributed by atoms with Crippen LogP contribution in [-0.2, 0) is 11.3 Å². The lowest BCUT2D eigenvalue weighted by atomic mass is 9.75. The summed E-state index contributed by atoms with van der Waals surface area (Å²) >= 11 is 0. The second-order valence-corrected chi connectivity index (χ2v) is 6.48. The molecule has 0 spiro atoms. The molecule has 1 heterocycles. The van der Waals surface area contributed by atoms with E-state index in [1.165, 1.54) is 42.1 Å². The summed E-state index contributed by atoms with van der Waals surface area (Å²) in [5.74, 6) is -0.359. The largest absolute Gasteiger partial charge is 0.496 e. The van der Waals surface area contributed by atoms with Crippen LogP contribution in [0.25, 0.3) is 0 Å². The van der Waals surface area contributed by atoms with Crippen molar-refractivity contribution < 1.29 is 19.0 Å². The highest BCUT2D eigenvalue weighted by Crippen LogP contribution is 2.41. The number of carbonyl (C=O) groups is 1. The van der Waals surface area contributed by atoms with Gasteiger partial charge in [-0.2, -0.15) is 0 Å². The first-order valence-corrected chi connectivity index (χ1v) is 8.44. The number of rotatable bonds is 6. The number of aromatic nitrogens is 1. The van der Waals surface area contributed by atoms with Crippen LogP contribution >= 0.6 is 0 Å². The Hall–Kier alpha value is -2.67. The van der Waals surface area contributed by atoms with Crippen molar-refractivity contribution >= 4 is 5.91 Å². The Bertz CT molecular complexity index is 845. The van der Waals surface area contributed by atoms with E-state index in [9.17, 15) is 19.1 Å². The molecule has 2 N–H and O–H groups in total. The van der Waals surface area contributed by atoms with Crippen LogP contribution in [0.2, 0.25) is 0 Å². The number of methoxy groups -OCH3 is 1. The molecule has 1 aromatic heterocycles. The zero-order valence-corrected chi connectivity index (χ0v) is 14.4. The van der Waals surface area contributed by atoms with Crippen molar-refractivity contribution in [3.63, 3.8) is 0 Å². The molecule has 1 fully saturated rings. The quantitative estimate of drug-likeness (QED) is 0.820. The van der Waals surface area contributed by atoms with E-state index in [1.54, 1.807) is 12.1 Å². The summed E-state index contributed by atoms with van der Waals surface area (Å²) in [5, 5.41) is 12.5. The Morgan fingerprint density at radius 1 is 1.38 bits per heavy atom. The van der Waals surface area contributed by atoms with Crippen LogP contribution < -0.4 is 15.6 Å². The Labute approximate surface area is 150 Å². The lowest BCUT2D eigenvalue weighted by Crippen LogP contribution is -2.43. The van der Waals surface area contributed by atoms with Gasteiger partial charge in [0.1, 0.15) is 18.1 Å². The molecule has 138 valence electrons. The molecule has 1 aromatic carbocycles. The molecule has 6 nitrogen and oxygen atoms in total. The van der Waals surface area contributed by atoms with E-state index >= 15 is 0 Å². The molecule has 1 amide bonds. The van der Waals surface area contributed by atoms with E-state index in [0.29, 0.717) is 24.2 Å². The molecule has 0 aliphatic heterocycles. The molecular weight excluding hydrogens is 339 g/mol. The molecule has 0 bridgehead atoms. The molecule has 7 heteroatoms. The highest BCUT2D eigenvalue weighted by atomic mass is 19.1. The summed E-state index contributed by atoms with van der Waals surface area (Å²) in [5.41, 5.74) is 0.250. The van der Waals surface area contributed by atoms with Gasteiger partial charge in [-0.05, 0) is 43.0 Å². The van der Waals surface area contributed by atoms with E-state index in [0.717, 1.165) is 0 Å². The zero-order valence-electron chi connectivity index (χ0n) is 14.4. The fourth-order valence-corrected chi connectivity index (χ4v) is 3.26. The second kappa shape index (κ2) is 7.70. The number of halogens is 1. The van der Waals surface area contributed by atoms with Crippen LogP contribution in [0.5, 0.6) is 5.75 Å². The van der Waals surface area contributed by atoms with Crippen molar-refractivity contribution in [1.82, 2.24) is 9.88 Å². The van der Waals surface area contributed by atoms with Crippen LogP contribution in [0, 0.1) is 11.7 Å². The predicted molar refractivity (Wildman–Crippen MR) is 93.3 cm³/mol. The molecule has 0 unspecified atom stereocenters. The fraction of sp³-hybridized carbons (Fsp3) is 0.368. The standard InChI is InChI=1S/C19H21FN2O4/c1-26-16-6-5-13(20)10-15(16)19(12-8-14(23)9-12)21-17(24)11-22-7-3-2-4-18(22)25/h2-7,10,12,14,19,23H,8-9,11H2,1H3,(H,21,24)/t12?,14?,19-/m0/s1. The lowest BCUT2D eigenvalue weighted by Gasteiger charge is -2.38. The maximum absolute atomic E-state index is 13.8. The molecule has 1 atom stereocenters. The van der Waals surface area contributed by atoms with Gasteiger partial charge in [0.15, 0.2) is 0 Å². The number of aliphatic hydroxyl groups is 1. The van der Waals surface area contributed by atoms with Gasteiger partial charge in [-0.25, -0.2) is 4.39 Å². The first-order chi connectivity index (χ1) is 12.5.